The lowest BCUT2D eigenvalue weighted by Crippen LogP contribution is -2.28. The molecule has 0 saturated carbocycles. The predicted octanol–water partition coefficient (Wildman–Crippen LogP) is 2.19. The van der Waals surface area contributed by atoms with E-state index < -0.39 is 39.9 Å². The molecule has 0 bridgehead atoms. The van der Waals surface area contributed by atoms with Crippen LogP contribution in [0.15, 0.2) is 35.1 Å². The number of hydrogen-bond donors (Lipinski definition) is 2. The molecule has 0 aliphatic carbocycles. The van der Waals surface area contributed by atoms with Crippen LogP contribution in [0, 0.1) is 10.1 Å². The summed E-state index contributed by atoms with van der Waals surface area (Å²) in [7, 11) is 0. The van der Waals surface area contributed by atoms with Crippen molar-refractivity contribution in [2.45, 2.75) is 19.1 Å². The fourth-order valence-electron chi connectivity index (χ4n) is 1.98. The van der Waals surface area contributed by atoms with Gasteiger partial charge in [-0.25, -0.2) is 5.10 Å². The number of benzene rings is 1. The quantitative estimate of drug-likeness (QED) is 0.643. The molecule has 2 N–H and O–H groups in total. The van der Waals surface area contributed by atoms with Crippen LogP contribution in [0.3, 0.4) is 0 Å². The Morgan fingerprint density at radius 2 is 2.00 bits per heavy atom. The highest BCUT2D eigenvalue weighted by Gasteiger charge is 2.33. The average molecular weight is 356 g/mol. The Labute approximate surface area is 137 Å². The first-order valence-electron chi connectivity index (χ1n) is 6.81. The van der Waals surface area contributed by atoms with E-state index in [2.05, 4.69) is 10.4 Å². The van der Waals surface area contributed by atoms with Gasteiger partial charge in [0.25, 0.3) is 17.2 Å². The number of alkyl halides is 3. The molecule has 0 aliphatic heterocycles. The van der Waals surface area contributed by atoms with E-state index in [1.54, 1.807) is 0 Å². The van der Waals surface area contributed by atoms with Crippen LogP contribution in [0.4, 0.5) is 18.9 Å². The van der Waals surface area contributed by atoms with E-state index >= 15 is 0 Å². The third-order valence-corrected chi connectivity index (χ3v) is 3.24. The van der Waals surface area contributed by atoms with Crippen LogP contribution in [0.1, 0.15) is 34.6 Å². The van der Waals surface area contributed by atoms with Crippen LogP contribution in [0.2, 0.25) is 0 Å². The largest absolute Gasteiger partial charge is 0.416 e. The van der Waals surface area contributed by atoms with Crippen molar-refractivity contribution in [2.75, 3.05) is 0 Å². The van der Waals surface area contributed by atoms with Gasteiger partial charge < -0.3 is 5.32 Å². The second kappa shape index (κ2) is 6.71. The number of rotatable bonds is 4. The van der Waals surface area contributed by atoms with Gasteiger partial charge in [0.15, 0.2) is 0 Å². The number of non-ortho nitro benzene ring substituents is 1. The Balaban J connectivity index is 2.31. The Hall–Kier alpha value is -3.24. The van der Waals surface area contributed by atoms with Gasteiger partial charge in [-0.2, -0.15) is 18.3 Å². The Morgan fingerprint density at radius 1 is 1.32 bits per heavy atom. The number of hydrogen-bond acceptors (Lipinski definition) is 5. The lowest BCUT2D eigenvalue weighted by Gasteiger charge is -2.16. The summed E-state index contributed by atoms with van der Waals surface area (Å²) < 4.78 is 38.7. The van der Waals surface area contributed by atoms with E-state index in [9.17, 15) is 32.9 Å². The zero-order valence-corrected chi connectivity index (χ0v) is 12.6. The highest BCUT2D eigenvalue weighted by atomic mass is 19.4. The monoisotopic (exact) mass is 356 g/mol. The maximum atomic E-state index is 12.9. The summed E-state index contributed by atoms with van der Waals surface area (Å²) in [4.78, 5) is 32.8. The topological polar surface area (TPSA) is 118 Å². The van der Waals surface area contributed by atoms with Crippen molar-refractivity contribution >= 4 is 11.6 Å². The molecule has 1 atom stereocenters. The van der Waals surface area contributed by atoms with Gasteiger partial charge in [0.05, 0.1) is 16.5 Å². The Bertz CT molecular complexity index is 859. The molecule has 2 aromatic rings. The third-order valence-electron chi connectivity index (χ3n) is 3.24. The minimum Gasteiger partial charge on any atom is -0.344 e. The maximum absolute atomic E-state index is 12.9. The number of halogens is 3. The van der Waals surface area contributed by atoms with Gasteiger partial charge in [-0.3, -0.25) is 19.7 Å². The maximum Gasteiger partial charge on any atom is 0.416 e. The number of nitrogens with one attached hydrogen (secondary N) is 2. The molecule has 8 nitrogen and oxygen atoms in total. The number of H-pyrrole nitrogens is 1. The highest BCUT2D eigenvalue weighted by Crippen LogP contribution is 2.34. The van der Waals surface area contributed by atoms with Gasteiger partial charge in [0, 0.05) is 18.2 Å². The first-order chi connectivity index (χ1) is 11.6. The summed E-state index contributed by atoms with van der Waals surface area (Å²) in [6.45, 7) is 1.36. The second-order valence-electron chi connectivity index (χ2n) is 5.07. The number of aromatic nitrogens is 2. The molecule has 0 spiro atoms. The number of aromatic amines is 1. The second-order valence-corrected chi connectivity index (χ2v) is 5.07. The molecule has 1 aromatic heterocycles. The minimum absolute atomic E-state index is 0.0979. The molecular formula is C14H11F3N4O4. The van der Waals surface area contributed by atoms with Crippen molar-refractivity contribution in [1.82, 2.24) is 15.5 Å². The number of nitro groups is 1. The molecule has 0 aliphatic rings. The van der Waals surface area contributed by atoms with E-state index in [1.165, 1.54) is 6.92 Å². The van der Waals surface area contributed by atoms with E-state index in [4.69, 9.17) is 0 Å². The summed E-state index contributed by atoms with van der Waals surface area (Å²) in [5, 5.41) is 18.7. The van der Waals surface area contributed by atoms with Gasteiger partial charge in [0.2, 0.25) is 0 Å². The Kier molecular flexibility index (Phi) is 4.86. The molecule has 2 rings (SSSR count). The number of nitro benzene ring substituents is 1. The van der Waals surface area contributed by atoms with Gasteiger partial charge in [-0.15, -0.1) is 0 Å². The number of carbonyl (C=O) groups excluding carboxylic acids is 1. The molecule has 1 amide bonds. The predicted molar refractivity (Wildman–Crippen MR) is 78.8 cm³/mol. The summed E-state index contributed by atoms with van der Waals surface area (Å²) in [6.07, 6.45) is -4.77. The molecule has 0 saturated heterocycles. The zero-order valence-electron chi connectivity index (χ0n) is 12.6. The van der Waals surface area contributed by atoms with Gasteiger partial charge in [-0.05, 0) is 24.6 Å². The van der Waals surface area contributed by atoms with Crippen LogP contribution < -0.4 is 10.9 Å². The SMILES string of the molecule is C[C@@H](NC(=O)c1ccc(=O)[nH]n1)c1cc([N+](=O)[O-])cc(C(F)(F)F)c1. The van der Waals surface area contributed by atoms with Crippen molar-refractivity contribution in [3.05, 3.63) is 67.6 Å². The van der Waals surface area contributed by atoms with Gasteiger partial charge in [0.1, 0.15) is 5.69 Å². The Morgan fingerprint density at radius 3 is 2.52 bits per heavy atom. The standard InChI is InChI=1S/C14H11F3N4O4/c1-7(18-13(23)11-2-3-12(22)20-19-11)8-4-9(14(15,16)17)6-10(5-8)21(24)25/h2-7H,1H3,(H,18,23)(H,20,22)/t7-/m1/s1. The molecule has 0 radical (unpaired) electrons. The molecular weight excluding hydrogens is 345 g/mol. The third kappa shape index (κ3) is 4.40. The van der Waals surface area contributed by atoms with Crippen LogP contribution in [0.5, 0.6) is 0 Å². The lowest BCUT2D eigenvalue weighted by atomic mass is 10.0. The van der Waals surface area contributed by atoms with Crippen molar-refractivity contribution in [1.29, 1.82) is 0 Å². The molecule has 0 fully saturated rings. The fraction of sp³-hybridized carbons (Fsp3) is 0.214. The zero-order chi connectivity index (χ0) is 18.8. The molecule has 25 heavy (non-hydrogen) atoms. The number of nitrogens with zero attached hydrogens (tertiary/aromatic N) is 2. The highest BCUT2D eigenvalue weighted by molar-refractivity contribution is 5.92. The normalized spacial score (nSPS) is 12.5. The van der Waals surface area contributed by atoms with E-state index in [1.807, 2.05) is 5.10 Å². The molecule has 1 heterocycles. The van der Waals surface area contributed by atoms with Crippen molar-refractivity contribution in [3.8, 4) is 0 Å². The first kappa shape index (κ1) is 18.1. The minimum atomic E-state index is -4.77. The van der Waals surface area contributed by atoms with Gasteiger partial charge >= 0.3 is 6.18 Å². The smallest absolute Gasteiger partial charge is 0.344 e. The van der Waals surface area contributed by atoms with E-state index in [0.717, 1.165) is 24.3 Å². The number of amides is 1. The van der Waals surface area contributed by atoms with Crippen molar-refractivity contribution in [2.24, 2.45) is 0 Å². The van der Waals surface area contributed by atoms with Crippen LogP contribution >= 0.6 is 0 Å². The summed E-state index contributed by atoms with van der Waals surface area (Å²) >= 11 is 0. The summed E-state index contributed by atoms with van der Waals surface area (Å²) in [5.74, 6) is -0.760. The van der Waals surface area contributed by atoms with Crippen LogP contribution in [-0.2, 0) is 6.18 Å². The van der Waals surface area contributed by atoms with E-state index in [-0.39, 0.29) is 11.3 Å². The van der Waals surface area contributed by atoms with Crippen molar-refractivity contribution in [3.63, 3.8) is 0 Å². The molecule has 11 heteroatoms. The van der Waals surface area contributed by atoms with Crippen LogP contribution in [0.25, 0.3) is 0 Å². The summed E-state index contributed by atoms with van der Waals surface area (Å²) in [5.41, 5.74) is -2.72. The van der Waals surface area contributed by atoms with Gasteiger partial charge in [-0.1, -0.05) is 0 Å². The molecule has 1 aromatic carbocycles. The first-order valence-corrected chi connectivity index (χ1v) is 6.81. The fourth-order valence-corrected chi connectivity index (χ4v) is 1.98. The molecule has 0 unspecified atom stereocenters. The number of carbonyl (C=O) groups is 1. The van der Waals surface area contributed by atoms with Crippen molar-refractivity contribution < 1.29 is 22.9 Å². The van der Waals surface area contributed by atoms with Crippen LogP contribution in [-0.4, -0.2) is 21.0 Å². The van der Waals surface area contributed by atoms with E-state index in [0.29, 0.717) is 6.07 Å². The lowest BCUT2D eigenvalue weighted by molar-refractivity contribution is -0.385. The average Bonchev–Trinajstić information content (AvgIpc) is 2.54. The molecule has 132 valence electrons. The summed E-state index contributed by atoms with van der Waals surface area (Å²) in [6, 6.07) is 3.31.